The lowest BCUT2D eigenvalue weighted by Gasteiger charge is -2.58. The third-order valence-electron chi connectivity index (χ3n) is 8.82. The maximum atomic E-state index is 13.6. The average Bonchev–Trinajstić information content (AvgIpc) is 3.40. The minimum Gasteiger partial charge on any atom is -0.368 e. The zero-order valence-electron chi connectivity index (χ0n) is 19.0. The van der Waals surface area contributed by atoms with Crippen LogP contribution in [0.25, 0.3) is 0 Å². The van der Waals surface area contributed by atoms with E-state index in [2.05, 4.69) is 10.6 Å². The first-order chi connectivity index (χ1) is 15.8. The Balaban J connectivity index is 1.25. The number of amides is 4. The highest BCUT2D eigenvalue weighted by Crippen LogP contribution is 2.61. The predicted molar refractivity (Wildman–Crippen MR) is 123 cm³/mol. The fourth-order valence-electron chi connectivity index (χ4n) is 7.54. The molecule has 2 aliphatic heterocycles. The van der Waals surface area contributed by atoms with E-state index in [-0.39, 0.29) is 29.6 Å². The summed E-state index contributed by atoms with van der Waals surface area (Å²) in [6.45, 7) is 0.562. The van der Waals surface area contributed by atoms with E-state index in [1.54, 1.807) is 4.90 Å². The summed E-state index contributed by atoms with van der Waals surface area (Å²) >= 11 is 1.52. The first kappa shape index (κ1) is 23.0. The van der Waals surface area contributed by atoms with Crippen LogP contribution >= 0.6 is 11.8 Å². The lowest BCUT2D eigenvalue weighted by Crippen LogP contribution is -2.62. The second kappa shape index (κ2) is 8.76. The van der Waals surface area contributed by atoms with Crippen LogP contribution < -0.4 is 22.1 Å². The Hall–Kier alpha value is -1.81. The SMILES string of the molecule is NC(=O)[C@H](C[C@@H]1CCNC1=O)NC(=O)[C@@H]1CSCN1C(=O)[C@@H](N)C12CC3CC(CC(C3)C1)C2. The largest absolute Gasteiger partial charge is 0.368 e. The number of nitrogens with one attached hydrogen (secondary N) is 2. The van der Waals surface area contributed by atoms with Crippen molar-refractivity contribution in [3.63, 3.8) is 0 Å². The quantitative estimate of drug-likeness (QED) is 0.403. The monoisotopic (exact) mass is 477 g/mol. The maximum Gasteiger partial charge on any atom is 0.244 e. The van der Waals surface area contributed by atoms with Crippen LogP contribution in [-0.4, -0.2) is 64.8 Å². The van der Waals surface area contributed by atoms with Crippen LogP contribution in [0.5, 0.6) is 0 Å². The van der Waals surface area contributed by atoms with Gasteiger partial charge in [0.05, 0.1) is 11.9 Å². The van der Waals surface area contributed by atoms with Gasteiger partial charge in [0.1, 0.15) is 12.1 Å². The first-order valence-electron chi connectivity index (χ1n) is 12.3. The summed E-state index contributed by atoms with van der Waals surface area (Å²) < 4.78 is 0. The Labute approximate surface area is 198 Å². The molecule has 10 heteroatoms. The van der Waals surface area contributed by atoms with E-state index in [9.17, 15) is 19.2 Å². The highest BCUT2D eigenvalue weighted by molar-refractivity contribution is 7.99. The van der Waals surface area contributed by atoms with Crippen molar-refractivity contribution in [1.82, 2.24) is 15.5 Å². The molecule has 0 aromatic rings. The van der Waals surface area contributed by atoms with Crippen molar-refractivity contribution in [2.75, 3.05) is 18.2 Å². The number of rotatable bonds is 7. The lowest BCUT2D eigenvalue weighted by molar-refractivity contribution is -0.147. The van der Waals surface area contributed by atoms with Gasteiger partial charge >= 0.3 is 0 Å². The summed E-state index contributed by atoms with van der Waals surface area (Å²) in [7, 11) is 0. The number of nitrogens with two attached hydrogens (primary N) is 2. The van der Waals surface area contributed by atoms with Gasteiger partial charge in [0.25, 0.3) is 0 Å². The topological polar surface area (TPSA) is 148 Å². The number of primary amides is 1. The van der Waals surface area contributed by atoms with Crippen molar-refractivity contribution < 1.29 is 19.2 Å². The highest BCUT2D eigenvalue weighted by Gasteiger charge is 2.56. The molecular weight excluding hydrogens is 442 g/mol. The van der Waals surface area contributed by atoms with Crippen molar-refractivity contribution in [2.45, 2.75) is 69.5 Å². The molecule has 2 heterocycles. The van der Waals surface area contributed by atoms with Crippen LogP contribution in [0.1, 0.15) is 51.4 Å². The number of nitrogens with zero attached hydrogens (tertiary/aromatic N) is 1. The molecule has 6 N–H and O–H groups in total. The van der Waals surface area contributed by atoms with E-state index in [1.807, 2.05) is 0 Å². The zero-order valence-corrected chi connectivity index (χ0v) is 19.8. The second-order valence-corrected chi connectivity index (χ2v) is 12.1. The zero-order chi connectivity index (χ0) is 23.3. The summed E-state index contributed by atoms with van der Waals surface area (Å²) in [6.07, 6.45) is 7.69. The van der Waals surface area contributed by atoms with Crippen LogP contribution in [0.3, 0.4) is 0 Å². The van der Waals surface area contributed by atoms with E-state index < -0.39 is 29.9 Å². The molecule has 6 fully saturated rings. The molecule has 4 amide bonds. The summed E-state index contributed by atoms with van der Waals surface area (Å²) in [5.41, 5.74) is 12.1. The van der Waals surface area contributed by atoms with Gasteiger partial charge in [-0.2, -0.15) is 0 Å². The summed E-state index contributed by atoms with van der Waals surface area (Å²) in [5, 5.41) is 5.46. The summed E-state index contributed by atoms with van der Waals surface area (Å²) in [4.78, 5) is 52.2. The standard InChI is InChI=1S/C23H35N5O4S/c24-18(23-7-12-3-13(8-23)5-14(4-12)9-23)22(32)28-11-33-10-17(28)21(31)27-16(19(25)29)6-15-1-2-26-20(15)30/h12-18H,1-11,24H2,(H2,25,29)(H,26,30)(H,27,31)/t12?,13?,14?,15-,16-,17-,18+,23?/m0/s1. The van der Waals surface area contributed by atoms with E-state index >= 15 is 0 Å². The number of carbonyl (C=O) groups excluding carboxylic acids is 4. The van der Waals surface area contributed by atoms with Gasteiger partial charge < -0.3 is 27.0 Å². The van der Waals surface area contributed by atoms with E-state index in [4.69, 9.17) is 11.5 Å². The molecule has 0 radical (unpaired) electrons. The van der Waals surface area contributed by atoms with Crippen LogP contribution in [-0.2, 0) is 19.2 Å². The smallest absolute Gasteiger partial charge is 0.244 e. The fraction of sp³-hybridized carbons (Fsp3) is 0.826. The van der Waals surface area contributed by atoms with Crippen molar-refractivity contribution in [3.8, 4) is 0 Å². The van der Waals surface area contributed by atoms with Crippen LogP contribution in [0.2, 0.25) is 0 Å². The molecule has 6 rings (SSSR count). The Kier molecular flexibility index (Phi) is 6.09. The highest BCUT2D eigenvalue weighted by atomic mass is 32.2. The van der Waals surface area contributed by atoms with E-state index in [0.29, 0.717) is 42.3 Å². The summed E-state index contributed by atoms with van der Waals surface area (Å²) in [6, 6.07) is -2.21. The Morgan fingerprint density at radius 1 is 1.15 bits per heavy atom. The van der Waals surface area contributed by atoms with Crippen LogP contribution in [0, 0.1) is 29.1 Å². The minimum atomic E-state index is -0.939. The Morgan fingerprint density at radius 2 is 1.79 bits per heavy atom. The molecule has 0 spiro atoms. The molecule has 4 atom stereocenters. The molecule has 4 aliphatic carbocycles. The number of thioether (sulfide) groups is 1. The van der Waals surface area contributed by atoms with Crippen molar-refractivity contribution in [3.05, 3.63) is 0 Å². The molecule has 4 bridgehead atoms. The van der Waals surface area contributed by atoms with Gasteiger partial charge in [-0.05, 0) is 74.5 Å². The maximum absolute atomic E-state index is 13.6. The Bertz CT molecular complexity index is 815. The van der Waals surface area contributed by atoms with Gasteiger partial charge in [0.15, 0.2) is 0 Å². The van der Waals surface area contributed by atoms with Gasteiger partial charge in [-0.1, -0.05) is 0 Å². The molecule has 0 unspecified atom stereocenters. The van der Waals surface area contributed by atoms with Gasteiger partial charge in [-0.15, -0.1) is 11.8 Å². The van der Waals surface area contributed by atoms with Crippen molar-refractivity contribution in [2.24, 2.45) is 40.6 Å². The molecule has 9 nitrogen and oxygen atoms in total. The molecular formula is C23H35N5O4S. The van der Waals surface area contributed by atoms with Gasteiger partial charge in [-0.25, -0.2) is 0 Å². The lowest BCUT2D eigenvalue weighted by atomic mass is 9.47. The number of hydrogen-bond acceptors (Lipinski definition) is 6. The van der Waals surface area contributed by atoms with Gasteiger partial charge in [-0.3, -0.25) is 19.2 Å². The van der Waals surface area contributed by atoms with E-state index in [1.165, 1.54) is 31.0 Å². The third-order valence-corrected chi connectivity index (χ3v) is 9.83. The second-order valence-electron chi connectivity index (χ2n) is 11.1. The molecule has 182 valence electrons. The minimum absolute atomic E-state index is 0.120. The van der Waals surface area contributed by atoms with Crippen molar-refractivity contribution >= 4 is 35.4 Å². The first-order valence-corrected chi connectivity index (χ1v) is 13.4. The molecule has 4 saturated carbocycles. The number of carbonyl (C=O) groups is 4. The number of hydrogen-bond donors (Lipinski definition) is 4. The molecule has 6 aliphatic rings. The van der Waals surface area contributed by atoms with Crippen LogP contribution in [0.4, 0.5) is 0 Å². The molecule has 0 aromatic carbocycles. The Morgan fingerprint density at radius 3 is 2.33 bits per heavy atom. The molecule has 2 saturated heterocycles. The van der Waals surface area contributed by atoms with Crippen molar-refractivity contribution in [1.29, 1.82) is 0 Å². The van der Waals surface area contributed by atoms with E-state index in [0.717, 1.165) is 19.3 Å². The predicted octanol–water partition coefficient (Wildman–Crippen LogP) is -0.0721. The fourth-order valence-corrected chi connectivity index (χ4v) is 8.71. The average molecular weight is 478 g/mol. The molecule has 0 aromatic heterocycles. The van der Waals surface area contributed by atoms with Crippen LogP contribution in [0.15, 0.2) is 0 Å². The summed E-state index contributed by atoms with van der Waals surface area (Å²) in [5.74, 6) is 1.26. The molecule has 33 heavy (non-hydrogen) atoms. The normalized spacial score (nSPS) is 38.8. The van der Waals surface area contributed by atoms with Gasteiger partial charge in [0, 0.05) is 18.2 Å². The third kappa shape index (κ3) is 4.24. The van der Waals surface area contributed by atoms with Gasteiger partial charge in [0.2, 0.25) is 23.6 Å².